The van der Waals surface area contributed by atoms with Crippen molar-refractivity contribution in [2.75, 3.05) is 34.6 Å². The van der Waals surface area contributed by atoms with E-state index < -0.39 is 0 Å². The Balaban J connectivity index is 1.93. The van der Waals surface area contributed by atoms with E-state index >= 15 is 0 Å². The highest BCUT2D eigenvalue weighted by atomic mass is 16.7. The number of ketones is 1. The number of ether oxygens (including phenoxy) is 4. The number of allylic oxidation sites excluding steroid dienone is 1. The van der Waals surface area contributed by atoms with Crippen LogP contribution in [-0.2, 0) is 11.2 Å². The fourth-order valence-corrected chi connectivity index (χ4v) is 3.13. The molecule has 158 valence electrons. The number of benzene rings is 2. The fourth-order valence-electron chi connectivity index (χ4n) is 3.13. The monoisotopic (exact) mass is 411 g/mol. The van der Waals surface area contributed by atoms with Crippen LogP contribution in [0.1, 0.15) is 28.4 Å². The van der Waals surface area contributed by atoms with Crippen LogP contribution >= 0.6 is 0 Å². The van der Waals surface area contributed by atoms with Crippen molar-refractivity contribution in [3.8, 4) is 23.0 Å². The maximum Gasteiger partial charge on any atom is 0.231 e. The van der Waals surface area contributed by atoms with E-state index in [4.69, 9.17) is 18.9 Å². The lowest BCUT2D eigenvalue weighted by atomic mass is 10.00. The molecule has 0 unspecified atom stereocenters. The zero-order valence-electron chi connectivity index (χ0n) is 17.6. The molecular formula is C23H25NO6. The van der Waals surface area contributed by atoms with Crippen LogP contribution in [0.15, 0.2) is 36.4 Å². The second kappa shape index (κ2) is 9.35. The molecule has 1 aliphatic rings. The number of rotatable bonds is 8. The van der Waals surface area contributed by atoms with Gasteiger partial charge in [-0.2, -0.15) is 0 Å². The van der Waals surface area contributed by atoms with E-state index in [-0.39, 0.29) is 18.5 Å². The Hall–Kier alpha value is -3.48. The number of likely N-dealkylation sites (N-methyl/N-ethyl adjacent to an activating group) is 1. The number of amides is 1. The van der Waals surface area contributed by atoms with Crippen LogP contribution < -0.4 is 18.9 Å². The molecule has 0 spiro atoms. The van der Waals surface area contributed by atoms with Gasteiger partial charge in [0.1, 0.15) is 5.75 Å². The second-order valence-corrected chi connectivity index (χ2v) is 6.83. The molecule has 1 heterocycles. The molecule has 0 aromatic heterocycles. The van der Waals surface area contributed by atoms with Crippen LogP contribution in [0.2, 0.25) is 0 Å². The van der Waals surface area contributed by atoms with Crippen molar-refractivity contribution in [3.63, 3.8) is 0 Å². The smallest absolute Gasteiger partial charge is 0.231 e. The fraction of sp³-hybridized carbons (Fsp3) is 0.304. The molecule has 1 aliphatic heterocycles. The molecule has 2 aromatic rings. The molecule has 3 rings (SSSR count). The van der Waals surface area contributed by atoms with Gasteiger partial charge in [0.2, 0.25) is 18.4 Å². The topological polar surface area (TPSA) is 74.3 Å². The first-order chi connectivity index (χ1) is 14.4. The van der Waals surface area contributed by atoms with Gasteiger partial charge in [0.25, 0.3) is 0 Å². The maximum absolute atomic E-state index is 12.6. The van der Waals surface area contributed by atoms with E-state index in [1.807, 2.05) is 6.07 Å². The molecule has 7 heteroatoms. The third-order valence-electron chi connectivity index (χ3n) is 4.98. The minimum Gasteiger partial charge on any atom is -0.497 e. The van der Waals surface area contributed by atoms with Crippen LogP contribution in [0.3, 0.4) is 0 Å². The van der Waals surface area contributed by atoms with E-state index in [2.05, 4.69) is 0 Å². The van der Waals surface area contributed by atoms with Gasteiger partial charge >= 0.3 is 0 Å². The molecule has 0 fully saturated rings. The first-order valence-electron chi connectivity index (χ1n) is 9.52. The highest BCUT2D eigenvalue weighted by Crippen LogP contribution is 2.45. The van der Waals surface area contributed by atoms with Gasteiger partial charge < -0.3 is 23.8 Å². The van der Waals surface area contributed by atoms with Crippen molar-refractivity contribution in [2.45, 2.75) is 13.3 Å². The molecule has 0 radical (unpaired) electrons. The lowest BCUT2D eigenvalue weighted by molar-refractivity contribution is -0.127. The van der Waals surface area contributed by atoms with Crippen molar-refractivity contribution >= 4 is 17.8 Å². The molecule has 2 aromatic carbocycles. The lowest BCUT2D eigenvalue weighted by Crippen LogP contribution is -2.26. The van der Waals surface area contributed by atoms with Crippen molar-refractivity contribution in [3.05, 3.63) is 53.1 Å². The van der Waals surface area contributed by atoms with E-state index in [1.54, 1.807) is 56.5 Å². The Morgan fingerprint density at radius 3 is 2.50 bits per heavy atom. The Labute approximate surface area is 175 Å². The van der Waals surface area contributed by atoms with Crippen molar-refractivity contribution in [1.29, 1.82) is 0 Å². The average molecular weight is 411 g/mol. The molecule has 0 bridgehead atoms. The third-order valence-corrected chi connectivity index (χ3v) is 4.98. The normalized spacial score (nSPS) is 12.1. The van der Waals surface area contributed by atoms with Gasteiger partial charge in [-0.15, -0.1) is 0 Å². The summed E-state index contributed by atoms with van der Waals surface area (Å²) in [5.41, 5.74) is 2.16. The van der Waals surface area contributed by atoms with Gasteiger partial charge in [-0.25, -0.2) is 0 Å². The number of carbonyl (C=O) groups excluding carboxylic acids is 2. The molecule has 0 saturated carbocycles. The van der Waals surface area contributed by atoms with Gasteiger partial charge in [0.05, 0.1) is 14.2 Å². The molecule has 0 aliphatic carbocycles. The summed E-state index contributed by atoms with van der Waals surface area (Å²) in [5, 5.41) is 0. The minimum absolute atomic E-state index is 0.0190. The van der Waals surface area contributed by atoms with E-state index in [9.17, 15) is 9.59 Å². The highest BCUT2D eigenvalue weighted by Gasteiger charge is 2.24. The number of carbonyl (C=O) groups is 2. The van der Waals surface area contributed by atoms with Gasteiger partial charge in [-0.3, -0.25) is 9.59 Å². The van der Waals surface area contributed by atoms with Crippen LogP contribution in [-0.4, -0.2) is 51.2 Å². The Morgan fingerprint density at radius 1 is 1.13 bits per heavy atom. The van der Waals surface area contributed by atoms with Gasteiger partial charge in [0.15, 0.2) is 17.3 Å². The Morgan fingerprint density at radius 2 is 1.87 bits per heavy atom. The van der Waals surface area contributed by atoms with Gasteiger partial charge in [0, 0.05) is 31.6 Å². The number of fused-ring (bicyclic) bond motifs is 1. The summed E-state index contributed by atoms with van der Waals surface area (Å²) in [6.45, 7) is 2.15. The SMILES string of the molecule is COc1ccc(C(=O)/C=C/c2c(CCN(C)C(C)=O)cc3c(c2OC)OCO3)cc1. The third kappa shape index (κ3) is 4.56. The summed E-state index contributed by atoms with van der Waals surface area (Å²) >= 11 is 0. The minimum atomic E-state index is -0.149. The van der Waals surface area contributed by atoms with Crippen LogP contribution in [0.25, 0.3) is 6.08 Å². The first-order valence-corrected chi connectivity index (χ1v) is 9.52. The Bertz CT molecular complexity index is 965. The van der Waals surface area contributed by atoms with Crippen molar-refractivity contribution in [1.82, 2.24) is 4.90 Å². The summed E-state index contributed by atoms with van der Waals surface area (Å²) < 4.78 is 21.8. The molecule has 1 amide bonds. The van der Waals surface area contributed by atoms with E-state index in [0.717, 1.165) is 11.1 Å². The van der Waals surface area contributed by atoms with Crippen molar-refractivity contribution < 1.29 is 28.5 Å². The second-order valence-electron chi connectivity index (χ2n) is 6.83. The van der Waals surface area contributed by atoms with Gasteiger partial charge in [-0.1, -0.05) is 0 Å². The van der Waals surface area contributed by atoms with Gasteiger partial charge in [-0.05, 0) is 54.5 Å². The Kier molecular flexibility index (Phi) is 6.61. The molecule has 0 N–H and O–H groups in total. The summed E-state index contributed by atoms with van der Waals surface area (Å²) in [7, 11) is 4.87. The molecule has 7 nitrogen and oxygen atoms in total. The molecular weight excluding hydrogens is 386 g/mol. The highest BCUT2D eigenvalue weighted by molar-refractivity contribution is 6.07. The molecule has 0 saturated heterocycles. The summed E-state index contributed by atoms with van der Waals surface area (Å²) in [6, 6.07) is 8.78. The first kappa shape index (κ1) is 21.2. The number of hydrogen-bond acceptors (Lipinski definition) is 6. The number of methoxy groups -OCH3 is 2. The zero-order chi connectivity index (χ0) is 21.7. The van der Waals surface area contributed by atoms with E-state index in [1.165, 1.54) is 13.0 Å². The van der Waals surface area contributed by atoms with E-state index in [0.29, 0.717) is 41.5 Å². The predicted molar refractivity (Wildman–Crippen MR) is 112 cm³/mol. The number of hydrogen-bond donors (Lipinski definition) is 0. The zero-order valence-corrected chi connectivity index (χ0v) is 17.6. The van der Waals surface area contributed by atoms with Crippen molar-refractivity contribution in [2.24, 2.45) is 0 Å². The summed E-state index contributed by atoms with van der Waals surface area (Å²) in [5.74, 6) is 2.12. The molecule has 0 atom stereocenters. The average Bonchev–Trinajstić information content (AvgIpc) is 3.23. The lowest BCUT2D eigenvalue weighted by Gasteiger charge is -2.18. The summed E-state index contributed by atoms with van der Waals surface area (Å²) in [6.07, 6.45) is 3.79. The van der Waals surface area contributed by atoms with Crippen LogP contribution in [0.5, 0.6) is 23.0 Å². The van der Waals surface area contributed by atoms with Crippen LogP contribution in [0.4, 0.5) is 0 Å². The predicted octanol–water partition coefficient (Wildman–Crippen LogP) is 3.35. The largest absolute Gasteiger partial charge is 0.497 e. The summed E-state index contributed by atoms with van der Waals surface area (Å²) in [4.78, 5) is 25.8. The number of nitrogens with zero attached hydrogens (tertiary/aromatic N) is 1. The molecule has 30 heavy (non-hydrogen) atoms. The standard InChI is InChI=1S/C23H25NO6/c1-15(25)24(2)12-11-17-13-21-23(30-14-29-21)22(28-4)19(17)9-10-20(26)16-5-7-18(27-3)8-6-16/h5-10,13H,11-12,14H2,1-4H3/b10-9+. The van der Waals surface area contributed by atoms with Crippen LogP contribution in [0, 0.1) is 0 Å². The maximum atomic E-state index is 12.6. The quantitative estimate of drug-likeness (QED) is 0.490.